The van der Waals surface area contributed by atoms with Crippen LogP contribution in [-0.4, -0.2) is 16.9 Å². The first-order valence-electron chi connectivity index (χ1n) is 8.28. The van der Waals surface area contributed by atoms with E-state index in [2.05, 4.69) is 10.3 Å². The normalized spacial score (nSPS) is 11.6. The zero-order valence-electron chi connectivity index (χ0n) is 14.6. The molecule has 0 aliphatic rings. The highest BCUT2D eigenvalue weighted by molar-refractivity contribution is 5.82. The van der Waals surface area contributed by atoms with E-state index in [1.165, 1.54) is 12.1 Å². The number of aromatic nitrogens is 1. The summed E-state index contributed by atoms with van der Waals surface area (Å²) in [7, 11) is 0. The number of pyridine rings is 1. The van der Waals surface area contributed by atoms with E-state index in [-0.39, 0.29) is 5.82 Å². The number of benzene rings is 2. The second kappa shape index (κ2) is 7.74. The molecule has 1 amide bonds. The van der Waals surface area contributed by atoms with Crippen LogP contribution in [0.25, 0.3) is 11.3 Å². The topological polar surface area (TPSA) is 103 Å². The molecular weight excluding hydrogens is 347 g/mol. The molecule has 138 valence electrons. The molecule has 0 aliphatic carbocycles. The number of hydrogen-bond acceptors (Lipinski definition) is 5. The van der Waals surface area contributed by atoms with Crippen LogP contribution < -0.4 is 21.5 Å². The molecule has 7 heteroatoms. The summed E-state index contributed by atoms with van der Waals surface area (Å²) in [4.78, 5) is 15.7. The first-order valence-corrected chi connectivity index (χ1v) is 8.28. The second-order valence-electron chi connectivity index (χ2n) is 6.02. The lowest BCUT2D eigenvalue weighted by Gasteiger charge is -2.13. The summed E-state index contributed by atoms with van der Waals surface area (Å²) in [5, 5.41) is 2.92. The van der Waals surface area contributed by atoms with Gasteiger partial charge in [0.05, 0.1) is 5.69 Å². The smallest absolute Gasteiger partial charge is 0.239 e. The Bertz CT molecular complexity index is 943. The predicted molar refractivity (Wildman–Crippen MR) is 103 cm³/mol. The van der Waals surface area contributed by atoms with Gasteiger partial charge in [-0.25, -0.2) is 9.37 Å². The summed E-state index contributed by atoms with van der Waals surface area (Å²) in [6.45, 7) is 1.65. The number of ether oxygens (including phenoxy) is 1. The minimum atomic E-state index is -0.571. The molecule has 0 fully saturated rings. The van der Waals surface area contributed by atoms with Crippen molar-refractivity contribution in [1.82, 2.24) is 4.98 Å². The third-order valence-corrected chi connectivity index (χ3v) is 3.84. The SMILES string of the molecule is C[C@H](Nc1cc(N)cc(-c2ccc(Oc3ccc(F)cc3)cc2)n1)C(N)=O. The van der Waals surface area contributed by atoms with Crippen LogP contribution >= 0.6 is 0 Å². The lowest BCUT2D eigenvalue weighted by Crippen LogP contribution is -2.32. The average Bonchev–Trinajstić information content (AvgIpc) is 2.63. The number of carbonyl (C=O) groups is 1. The molecule has 0 saturated carbocycles. The molecule has 0 spiro atoms. The quantitative estimate of drug-likeness (QED) is 0.619. The van der Waals surface area contributed by atoms with Crippen LogP contribution in [0, 0.1) is 5.82 Å². The zero-order valence-corrected chi connectivity index (χ0v) is 14.6. The van der Waals surface area contributed by atoms with Crippen molar-refractivity contribution in [2.45, 2.75) is 13.0 Å². The standard InChI is InChI=1S/C20H19FN4O2/c1-12(20(23)26)24-19-11-15(22)10-18(25-19)13-2-6-16(7-3-13)27-17-8-4-14(21)5-9-17/h2-12H,1H3,(H2,23,26)(H3,22,24,25)/t12-/m0/s1. The van der Waals surface area contributed by atoms with Crippen molar-refractivity contribution in [3.63, 3.8) is 0 Å². The summed E-state index contributed by atoms with van der Waals surface area (Å²) in [5.41, 5.74) is 13.2. The van der Waals surface area contributed by atoms with Crippen LogP contribution in [0.1, 0.15) is 6.92 Å². The number of carbonyl (C=O) groups excluding carboxylic acids is 1. The van der Waals surface area contributed by atoms with E-state index in [1.54, 1.807) is 43.3 Å². The Labute approximate surface area is 156 Å². The minimum absolute atomic E-state index is 0.319. The van der Waals surface area contributed by atoms with Gasteiger partial charge in [0.25, 0.3) is 0 Å². The number of halogens is 1. The van der Waals surface area contributed by atoms with Crippen LogP contribution in [0.2, 0.25) is 0 Å². The number of hydrogen-bond donors (Lipinski definition) is 3. The molecule has 0 bridgehead atoms. The third-order valence-electron chi connectivity index (χ3n) is 3.84. The van der Waals surface area contributed by atoms with Crippen molar-refractivity contribution in [3.8, 4) is 22.8 Å². The fourth-order valence-corrected chi connectivity index (χ4v) is 2.40. The highest BCUT2D eigenvalue weighted by atomic mass is 19.1. The van der Waals surface area contributed by atoms with Crippen LogP contribution in [0.3, 0.4) is 0 Å². The highest BCUT2D eigenvalue weighted by Crippen LogP contribution is 2.27. The second-order valence-corrected chi connectivity index (χ2v) is 6.02. The van der Waals surface area contributed by atoms with Crippen molar-refractivity contribution in [3.05, 3.63) is 66.5 Å². The summed E-state index contributed by atoms with van der Waals surface area (Å²) >= 11 is 0. The average molecular weight is 366 g/mol. The largest absolute Gasteiger partial charge is 0.457 e. The first kappa shape index (κ1) is 18.2. The number of nitrogens with zero attached hydrogens (tertiary/aromatic N) is 1. The van der Waals surface area contributed by atoms with E-state index in [9.17, 15) is 9.18 Å². The van der Waals surface area contributed by atoms with Crippen LogP contribution in [0.5, 0.6) is 11.5 Å². The Morgan fingerprint density at radius 1 is 1.07 bits per heavy atom. The van der Waals surface area contributed by atoms with Gasteiger partial charge in [-0.1, -0.05) is 0 Å². The number of anilines is 2. The molecule has 1 atom stereocenters. The monoisotopic (exact) mass is 366 g/mol. The van der Waals surface area contributed by atoms with Gasteiger partial charge in [-0.15, -0.1) is 0 Å². The Hall–Kier alpha value is -3.61. The molecule has 0 radical (unpaired) electrons. The van der Waals surface area contributed by atoms with E-state index in [0.717, 1.165) is 5.56 Å². The van der Waals surface area contributed by atoms with Crippen molar-refractivity contribution < 1.29 is 13.9 Å². The Kier molecular flexibility index (Phi) is 5.21. The third kappa shape index (κ3) is 4.72. The zero-order chi connectivity index (χ0) is 19.4. The maximum absolute atomic E-state index is 13.0. The number of rotatable bonds is 6. The maximum atomic E-state index is 13.0. The molecule has 3 aromatic rings. The summed E-state index contributed by atoms with van der Waals surface area (Å²) in [6.07, 6.45) is 0. The Balaban J connectivity index is 1.79. The van der Waals surface area contributed by atoms with Gasteiger partial charge in [0.1, 0.15) is 29.2 Å². The van der Waals surface area contributed by atoms with E-state index in [4.69, 9.17) is 16.2 Å². The number of nitrogen functional groups attached to an aromatic ring is 1. The van der Waals surface area contributed by atoms with Gasteiger partial charge in [-0.2, -0.15) is 0 Å². The van der Waals surface area contributed by atoms with Crippen molar-refractivity contribution >= 4 is 17.4 Å². The van der Waals surface area contributed by atoms with Gasteiger partial charge in [0.2, 0.25) is 5.91 Å². The van der Waals surface area contributed by atoms with Gasteiger partial charge < -0.3 is 21.5 Å². The molecule has 27 heavy (non-hydrogen) atoms. The van der Waals surface area contributed by atoms with Crippen LogP contribution in [-0.2, 0) is 4.79 Å². The van der Waals surface area contributed by atoms with Crippen molar-refractivity contribution in [1.29, 1.82) is 0 Å². The number of nitrogens with two attached hydrogens (primary N) is 2. The lowest BCUT2D eigenvalue weighted by molar-refractivity contribution is -0.118. The molecule has 5 N–H and O–H groups in total. The number of primary amides is 1. The lowest BCUT2D eigenvalue weighted by atomic mass is 10.1. The van der Waals surface area contributed by atoms with Gasteiger partial charge in [0, 0.05) is 17.3 Å². The molecule has 1 aromatic heterocycles. The van der Waals surface area contributed by atoms with Crippen molar-refractivity contribution in [2.75, 3.05) is 11.1 Å². The van der Waals surface area contributed by atoms with Gasteiger partial charge >= 0.3 is 0 Å². The molecule has 6 nitrogen and oxygen atoms in total. The Morgan fingerprint density at radius 2 is 1.67 bits per heavy atom. The molecule has 0 unspecified atom stereocenters. The molecular formula is C20H19FN4O2. The first-order chi connectivity index (χ1) is 12.9. The highest BCUT2D eigenvalue weighted by Gasteiger charge is 2.11. The van der Waals surface area contributed by atoms with E-state index < -0.39 is 11.9 Å². The molecule has 3 rings (SSSR count). The number of nitrogens with one attached hydrogen (secondary N) is 1. The minimum Gasteiger partial charge on any atom is -0.457 e. The predicted octanol–water partition coefficient (Wildman–Crippen LogP) is 3.55. The fraction of sp³-hybridized carbons (Fsp3) is 0.100. The number of amides is 1. The van der Waals surface area contributed by atoms with Crippen molar-refractivity contribution in [2.24, 2.45) is 5.73 Å². The van der Waals surface area contributed by atoms with Gasteiger partial charge in [-0.3, -0.25) is 4.79 Å². The Morgan fingerprint density at radius 3 is 2.26 bits per heavy atom. The van der Waals surface area contributed by atoms with Gasteiger partial charge in [-0.05, 0) is 61.5 Å². The van der Waals surface area contributed by atoms with Crippen LogP contribution in [0.15, 0.2) is 60.7 Å². The summed E-state index contributed by atoms with van der Waals surface area (Å²) in [5.74, 6) is 0.805. The molecule has 1 heterocycles. The van der Waals surface area contributed by atoms with E-state index in [0.29, 0.717) is 28.7 Å². The van der Waals surface area contributed by atoms with Crippen LogP contribution in [0.4, 0.5) is 15.9 Å². The molecule has 0 saturated heterocycles. The molecule has 0 aliphatic heterocycles. The fourth-order valence-electron chi connectivity index (χ4n) is 2.40. The molecule has 2 aromatic carbocycles. The van der Waals surface area contributed by atoms with E-state index >= 15 is 0 Å². The summed E-state index contributed by atoms with van der Waals surface area (Å²) < 4.78 is 18.6. The summed E-state index contributed by atoms with van der Waals surface area (Å²) in [6, 6.07) is 15.8. The van der Waals surface area contributed by atoms with E-state index in [1.807, 2.05) is 12.1 Å². The maximum Gasteiger partial charge on any atom is 0.239 e. The van der Waals surface area contributed by atoms with Gasteiger partial charge in [0.15, 0.2) is 0 Å².